The van der Waals surface area contributed by atoms with Gasteiger partial charge in [0.1, 0.15) is 0 Å². The molecular weight excluding hydrogens is 306 g/mol. The molecule has 0 saturated carbocycles. The van der Waals surface area contributed by atoms with E-state index in [-0.39, 0.29) is 18.3 Å². The van der Waals surface area contributed by atoms with Crippen molar-refractivity contribution in [3.63, 3.8) is 0 Å². The largest absolute Gasteiger partial charge is 0.368 e. The normalized spacial score (nSPS) is 20.1. The lowest BCUT2D eigenvalue weighted by atomic mass is 10.1. The molecule has 1 aromatic heterocycles. The van der Waals surface area contributed by atoms with Gasteiger partial charge >= 0.3 is 5.69 Å². The van der Waals surface area contributed by atoms with Crippen LogP contribution in [0.3, 0.4) is 0 Å². The minimum absolute atomic E-state index is 0.256. The van der Waals surface area contributed by atoms with Gasteiger partial charge in [-0.2, -0.15) is 9.36 Å². The average molecular weight is 323 g/mol. The van der Waals surface area contributed by atoms with Crippen molar-refractivity contribution >= 4 is 10.0 Å². The second kappa shape index (κ2) is 5.65. The molecule has 0 bridgehead atoms. The second-order valence-corrected chi connectivity index (χ2v) is 7.35. The molecule has 9 heteroatoms. The molecule has 0 spiro atoms. The Morgan fingerprint density at radius 3 is 2.59 bits per heavy atom. The molecule has 0 N–H and O–H groups in total. The van der Waals surface area contributed by atoms with Crippen molar-refractivity contribution in [2.45, 2.75) is 18.9 Å². The molecule has 1 saturated heterocycles. The van der Waals surface area contributed by atoms with Crippen LogP contribution in [0, 0.1) is 0 Å². The summed E-state index contributed by atoms with van der Waals surface area (Å²) < 4.78 is 27.2. The summed E-state index contributed by atoms with van der Waals surface area (Å²) in [6.45, 7) is 0.739. The van der Waals surface area contributed by atoms with Crippen LogP contribution in [0.15, 0.2) is 35.1 Å². The van der Waals surface area contributed by atoms with Gasteiger partial charge in [0.2, 0.25) is 10.0 Å². The number of aromatic nitrogens is 4. The number of nitrogens with zero attached hydrogens (tertiary/aromatic N) is 5. The number of rotatable bonds is 3. The number of hydrogen-bond donors (Lipinski definition) is 0. The maximum Gasteiger partial charge on any atom is 0.368 e. The zero-order chi connectivity index (χ0) is 15.7. The number of hydrogen-bond acceptors (Lipinski definition) is 5. The first-order valence-corrected chi connectivity index (χ1v) is 8.87. The van der Waals surface area contributed by atoms with Crippen LogP contribution in [0.1, 0.15) is 18.9 Å². The third-order valence-electron chi connectivity index (χ3n) is 3.78. The van der Waals surface area contributed by atoms with Gasteiger partial charge in [-0.15, -0.1) is 0 Å². The van der Waals surface area contributed by atoms with E-state index in [1.54, 1.807) is 12.1 Å². The Hall–Kier alpha value is -2.00. The number of sulfonamides is 1. The fraction of sp³-hybridized carbons (Fsp3) is 0.462. The Labute approximate surface area is 128 Å². The summed E-state index contributed by atoms with van der Waals surface area (Å²) in [5, 5.41) is 7.83. The first-order valence-electron chi connectivity index (χ1n) is 7.02. The topological polar surface area (TPSA) is 90.1 Å². The molecule has 1 fully saturated rings. The van der Waals surface area contributed by atoms with E-state index in [1.807, 2.05) is 18.2 Å². The number of tetrazole rings is 1. The second-order valence-electron chi connectivity index (χ2n) is 5.37. The molecule has 8 nitrogen and oxygen atoms in total. The predicted octanol–water partition coefficient (Wildman–Crippen LogP) is 0.0255. The maximum absolute atomic E-state index is 12.5. The lowest BCUT2D eigenvalue weighted by molar-refractivity contribution is 0.248. The van der Waals surface area contributed by atoms with Gasteiger partial charge in [0.05, 0.1) is 18.0 Å². The van der Waals surface area contributed by atoms with E-state index in [1.165, 1.54) is 19.9 Å². The van der Waals surface area contributed by atoms with Gasteiger partial charge in [0.25, 0.3) is 0 Å². The van der Waals surface area contributed by atoms with E-state index in [9.17, 15) is 13.2 Å². The number of piperidine rings is 1. The van der Waals surface area contributed by atoms with Gasteiger partial charge in [-0.25, -0.2) is 17.5 Å². The van der Waals surface area contributed by atoms with Gasteiger partial charge in [0.15, 0.2) is 0 Å². The van der Waals surface area contributed by atoms with Crippen molar-refractivity contribution in [2.75, 3.05) is 19.3 Å². The molecule has 2 heterocycles. The van der Waals surface area contributed by atoms with Crippen LogP contribution in [-0.4, -0.2) is 51.9 Å². The molecule has 1 unspecified atom stereocenters. The smallest absolute Gasteiger partial charge is 0.244 e. The zero-order valence-corrected chi connectivity index (χ0v) is 13.0. The van der Waals surface area contributed by atoms with E-state index >= 15 is 0 Å². The predicted molar refractivity (Wildman–Crippen MR) is 80.3 cm³/mol. The minimum atomic E-state index is -3.26. The summed E-state index contributed by atoms with van der Waals surface area (Å²) in [5.41, 5.74) is 0.279. The van der Waals surface area contributed by atoms with E-state index < -0.39 is 10.0 Å². The summed E-state index contributed by atoms with van der Waals surface area (Å²) in [5.74, 6) is 0. The Balaban J connectivity index is 1.90. The van der Waals surface area contributed by atoms with Crippen LogP contribution in [0.5, 0.6) is 0 Å². The summed E-state index contributed by atoms with van der Waals surface area (Å²) in [7, 11) is -3.26. The monoisotopic (exact) mass is 323 g/mol. The minimum Gasteiger partial charge on any atom is -0.244 e. The summed E-state index contributed by atoms with van der Waals surface area (Å²) in [6.07, 6.45) is 2.58. The highest BCUT2D eigenvalue weighted by molar-refractivity contribution is 7.88. The van der Waals surface area contributed by atoms with E-state index in [0.717, 1.165) is 0 Å². The lowest BCUT2D eigenvalue weighted by Crippen LogP contribution is -2.42. The summed E-state index contributed by atoms with van der Waals surface area (Å²) in [4.78, 5) is 12.5. The Kier molecular flexibility index (Phi) is 3.83. The molecule has 1 aliphatic heterocycles. The molecule has 1 aromatic carbocycles. The van der Waals surface area contributed by atoms with Crippen molar-refractivity contribution in [2.24, 2.45) is 0 Å². The Morgan fingerprint density at radius 1 is 1.18 bits per heavy atom. The van der Waals surface area contributed by atoms with Crippen LogP contribution in [0.4, 0.5) is 0 Å². The van der Waals surface area contributed by atoms with Crippen molar-refractivity contribution in [1.29, 1.82) is 0 Å². The lowest BCUT2D eigenvalue weighted by Gasteiger charge is -2.29. The van der Waals surface area contributed by atoms with E-state index in [2.05, 4.69) is 10.4 Å². The van der Waals surface area contributed by atoms with Gasteiger partial charge in [-0.1, -0.05) is 18.2 Å². The van der Waals surface area contributed by atoms with Crippen LogP contribution in [0.25, 0.3) is 5.69 Å². The molecule has 22 heavy (non-hydrogen) atoms. The molecule has 0 amide bonds. The summed E-state index contributed by atoms with van der Waals surface area (Å²) >= 11 is 0. The quantitative estimate of drug-likeness (QED) is 0.794. The van der Waals surface area contributed by atoms with E-state index in [4.69, 9.17) is 0 Å². The molecular formula is C13H17N5O3S. The fourth-order valence-corrected chi connectivity index (χ4v) is 3.54. The number of para-hydroxylation sites is 1. The van der Waals surface area contributed by atoms with Gasteiger partial charge in [-0.05, 0) is 35.4 Å². The van der Waals surface area contributed by atoms with Crippen molar-refractivity contribution in [1.82, 2.24) is 24.1 Å². The van der Waals surface area contributed by atoms with Crippen LogP contribution in [0.2, 0.25) is 0 Å². The number of benzene rings is 1. The van der Waals surface area contributed by atoms with Gasteiger partial charge < -0.3 is 0 Å². The Bertz CT molecular complexity index is 812. The molecule has 0 aliphatic carbocycles. The standard InChI is InChI=1S/C13H17N5O3S/c1-22(20,21)16-9-5-8-12(10-16)18-13(19)17(14-15-18)11-6-3-2-4-7-11/h2-4,6-7,12H,5,8-10H2,1H3. The third kappa shape index (κ3) is 2.81. The zero-order valence-electron chi connectivity index (χ0n) is 12.2. The SMILES string of the molecule is CS(=O)(=O)N1CCCC(n2nnn(-c3ccccc3)c2=O)C1. The highest BCUT2D eigenvalue weighted by Gasteiger charge is 2.29. The Morgan fingerprint density at radius 2 is 1.91 bits per heavy atom. The molecule has 1 aliphatic rings. The van der Waals surface area contributed by atoms with Gasteiger partial charge in [-0.3, -0.25) is 0 Å². The molecule has 1 atom stereocenters. The van der Waals surface area contributed by atoms with Gasteiger partial charge in [0, 0.05) is 13.1 Å². The molecule has 2 aromatic rings. The fourth-order valence-electron chi connectivity index (χ4n) is 2.64. The van der Waals surface area contributed by atoms with Crippen molar-refractivity contribution < 1.29 is 8.42 Å². The molecule has 118 valence electrons. The molecule has 3 rings (SSSR count). The third-order valence-corrected chi connectivity index (χ3v) is 5.05. The van der Waals surface area contributed by atoms with Crippen LogP contribution in [-0.2, 0) is 10.0 Å². The van der Waals surface area contributed by atoms with Crippen LogP contribution < -0.4 is 5.69 Å². The highest BCUT2D eigenvalue weighted by Crippen LogP contribution is 2.21. The summed E-state index contributed by atoms with van der Waals surface area (Å²) in [6, 6.07) is 8.73. The average Bonchev–Trinajstić information content (AvgIpc) is 2.89. The molecule has 0 radical (unpaired) electrons. The van der Waals surface area contributed by atoms with E-state index in [0.29, 0.717) is 25.1 Å². The highest BCUT2D eigenvalue weighted by atomic mass is 32.2. The first kappa shape index (κ1) is 14.9. The van der Waals surface area contributed by atoms with Crippen molar-refractivity contribution in [3.8, 4) is 5.69 Å². The maximum atomic E-state index is 12.5. The van der Waals surface area contributed by atoms with Crippen LogP contribution >= 0.6 is 0 Å². The van der Waals surface area contributed by atoms with Crippen molar-refractivity contribution in [3.05, 3.63) is 40.8 Å². The first-order chi connectivity index (χ1) is 10.5.